The Kier molecular flexibility index (Phi) is 4.71. The van der Waals surface area contributed by atoms with Gasteiger partial charge < -0.3 is 4.42 Å². The number of benzene rings is 1. The minimum absolute atomic E-state index is 0.0543. The summed E-state index contributed by atoms with van der Waals surface area (Å²) in [7, 11) is 0. The standard InChI is InChI=1S/C17H11BrF6N4O/c18-12-13(8-4-5-8)28(27-14(12)17(22,23)24)7-11-25-26-15(29-11)9-2-1-3-10(6-9)16(19,20)21/h1-3,6,8H,4-5,7H2. The molecule has 1 aliphatic carbocycles. The summed E-state index contributed by atoms with van der Waals surface area (Å²) in [6, 6.07) is 4.34. The predicted molar refractivity (Wildman–Crippen MR) is 90.7 cm³/mol. The molecule has 154 valence electrons. The monoisotopic (exact) mass is 480 g/mol. The molecule has 29 heavy (non-hydrogen) atoms. The zero-order chi connectivity index (χ0) is 21.0. The van der Waals surface area contributed by atoms with Crippen molar-refractivity contribution in [2.75, 3.05) is 0 Å². The average Bonchev–Trinajstić information content (AvgIpc) is 3.25. The van der Waals surface area contributed by atoms with Crippen molar-refractivity contribution in [2.45, 2.75) is 37.7 Å². The molecule has 0 spiro atoms. The third-order valence-corrected chi connectivity index (χ3v) is 5.13. The summed E-state index contributed by atoms with van der Waals surface area (Å²) in [6.07, 6.45) is -7.69. The van der Waals surface area contributed by atoms with E-state index in [1.165, 1.54) is 12.1 Å². The van der Waals surface area contributed by atoms with Crippen LogP contribution in [0.1, 0.15) is 41.6 Å². The lowest BCUT2D eigenvalue weighted by molar-refractivity contribution is -0.142. The second kappa shape index (κ2) is 6.85. The fourth-order valence-corrected chi connectivity index (χ4v) is 3.72. The van der Waals surface area contributed by atoms with Crippen molar-refractivity contribution in [1.29, 1.82) is 0 Å². The van der Waals surface area contributed by atoms with Gasteiger partial charge in [0.05, 0.1) is 15.7 Å². The Balaban J connectivity index is 1.64. The van der Waals surface area contributed by atoms with Crippen LogP contribution in [-0.2, 0) is 18.9 Å². The fourth-order valence-electron chi connectivity index (χ4n) is 2.89. The van der Waals surface area contributed by atoms with Crippen LogP contribution in [0.25, 0.3) is 11.5 Å². The first-order chi connectivity index (χ1) is 13.5. The molecule has 2 aromatic heterocycles. The summed E-state index contributed by atoms with van der Waals surface area (Å²) in [6.45, 7) is -0.230. The van der Waals surface area contributed by atoms with E-state index in [9.17, 15) is 26.3 Å². The number of hydrogen-bond acceptors (Lipinski definition) is 4. The molecule has 0 atom stereocenters. The Morgan fingerprint density at radius 2 is 1.79 bits per heavy atom. The van der Waals surface area contributed by atoms with E-state index >= 15 is 0 Å². The van der Waals surface area contributed by atoms with Crippen molar-refractivity contribution in [3.63, 3.8) is 0 Å². The van der Waals surface area contributed by atoms with Gasteiger partial charge in [0.15, 0.2) is 5.69 Å². The van der Waals surface area contributed by atoms with Crippen LogP contribution < -0.4 is 0 Å². The molecule has 0 unspecified atom stereocenters. The minimum Gasteiger partial charge on any atom is -0.419 e. The van der Waals surface area contributed by atoms with Crippen LogP contribution in [0.4, 0.5) is 26.3 Å². The molecule has 0 saturated heterocycles. The molecule has 2 heterocycles. The van der Waals surface area contributed by atoms with Gasteiger partial charge >= 0.3 is 12.4 Å². The van der Waals surface area contributed by atoms with Crippen LogP contribution in [-0.4, -0.2) is 20.0 Å². The van der Waals surface area contributed by atoms with E-state index in [4.69, 9.17) is 4.42 Å². The van der Waals surface area contributed by atoms with E-state index < -0.39 is 23.6 Å². The highest BCUT2D eigenvalue weighted by molar-refractivity contribution is 9.10. The third kappa shape index (κ3) is 4.02. The Hall–Kier alpha value is -2.37. The predicted octanol–water partition coefficient (Wildman–Crippen LogP) is 5.66. The van der Waals surface area contributed by atoms with Gasteiger partial charge in [-0.05, 0) is 47.0 Å². The minimum atomic E-state index is -4.63. The third-order valence-electron chi connectivity index (χ3n) is 4.35. The molecule has 0 radical (unpaired) electrons. The van der Waals surface area contributed by atoms with Crippen LogP contribution in [0.3, 0.4) is 0 Å². The average molecular weight is 481 g/mol. The van der Waals surface area contributed by atoms with Crippen molar-refractivity contribution in [3.05, 3.63) is 51.6 Å². The summed E-state index contributed by atoms with van der Waals surface area (Å²) >= 11 is 2.98. The van der Waals surface area contributed by atoms with Gasteiger partial charge in [-0.2, -0.15) is 31.4 Å². The Labute approximate surface area is 167 Å². The maximum Gasteiger partial charge on any atom is 0.436 e. The summed E-state index contributed by atoms with van der Waals surface area (Å²) in [5.74, 6) is -0.289. The maximum atomic E-state index is 13.2. The van der Waals surface area contributed by atoms with Gasteiger partial charge in [0, 0.05) is 11.5 Å². The molecule has 1 fully saturated rings. The van der Waals surface area contributed by atoms with Crippen molar-refractivity contribution in [3.8, 4) is 11.5 Å². The molecule has 3 aromatic rings. The van der Waals surface area contributed by atoms with Crippen molar-refractivity contribution in [1.82, 2.24) is 20.0 Å². The lowest BCUT2D eigenvalue weighted by atomic mass is 10.1. The molecular weight excluding hydrogens is 470 g/mol. The SMILES string of the molecule is FC(F)(F)c1cccc(-c2nnc(Cn3nc(C(F)(F)F)c(Br)c3C3CC3)o2)c1. The second-order valence-corrected chi connectivity index (χ2v) is 7.35. The van der Waals surface area contributed by atoms with Crippen molar-refractivity contribution < 1.29 is 30.8 Å². The first kappa shape index (κ1) is 19.9. The van der Waals surface area contributed by atoms with E-state index in [-0.39, 0.29) is 34.3 Å². The van der Waals surface area contributed by atoms with Crippen LogP contribution in [0.2, 0.25) is 0 Å². The molecule has 0 aliphatic heterocycles. The molecule has 5 nitrogen and oxygen atoms in total. The number of rotatable bonds is 4. The van der Waals surface area contributed by atoms with Crippen LogP contribution in [0.15, 0.2) is 33.2 Å². The summed E-state index contributed by atoms with van der Waals surface area (Å²) in [4.78, 5) is 0. The number of nitrogens with zero attached hydrogens (tertiary/aromatic N) is 4. The van der Waals surface area contributed by atoms with E-state index in [1.807, 2.05) is 0 Å². The van der Waals surface area contributed by atoms with E-state index in [0.717, 1.165) is 29.7 Å². The van der Waals surface area contributed by atoms with E-state index in [2.05, 4.69) is 31.2 Å². The van der Waals surface area contributed by atoms with Gasteiger partial charge in [-0.1, -0.05) is 6.07 Å². The largest absolute Gasteiger partial charge is 0.436 e. The first-order valence-corrected chi connectivity index (χ1v) is 9.16. The first-order valence-electron chi connectivity index (χ1n) is 8.37. The fraction of sp³-hybridized carbons (Fsp3) is 0.353. The smallest absolute Gasteiger partial charge is 0.419 e. The molecule has 1 aliphatic rings. The van der Waals surface area contributed by atoms with E-state index in [1.54, 1.807) is 0 Å². The number of hydrogen-bond donors (Lipinski definition) is 0. The van der Waals surface area contributed by atoms with Crippen LogP contribution >= 0.6 is 15.9 Å². The van der Waals surface area contributed by atoms with Gasteiger partial charge in [0.2, 0.25) is 11.8 Å². The molecule has 0 bridgehead atoms. The second-order valence-electron chi connectivity index (χ2n) is 6.56. The highest BCUT2D eigenvalue weighted by Crippen LogP contribution is 2.47. The van der Waals surface area contributed by atoms with Gasteiger partial charge in [0.25, 0.3) is 0 Å². The topological polar surface area (TPSA) is 56.7 Å². The Bertz CT molecular complexity index is 1050. The quantitative estimate of drug-likeness (QED) is 0.452. The molecule has 12 heteroatoms. The zero-order valence-corrected chi connectivity index (χ0v) is 15.9. The van der Waals surface area contributed by atoms with Crippen LogP contribution in [0, 0.1) is 0 Å². The number of alkyl halides is 6. The van der Waals surface area contributed by atoms with E-state index in [0.29, 0.717) is 5.69 Å². The lowest BCUT2D eigenvalue weighted by Gasteiger charge is -2.06. The van der Waals surface area contributed by atoms with Gasteiger partial charge in [-0.15, -0.1) is 10.2 Å². The van der Waals surface area contributed by atoms with Gasteiger partial charge in [-0.3, -0.25) is 4.68 Å². The summed E-state index contributed by atoms with van der Waals surface area (Å²) < 4.78 is 84.5. The molecule has 0 amide bonds. The van der Waals surface area contributed by atoms with Crippen LogP contribution in [0.5, 0.6) is 0 Å². The highest BCUT2D eigenvalue weighted by atomic mass is 79.9. The Morgan fingerprint density at radius 1 is 1.07 bits per heavy atom. The Morgan fingerprint density at radius 3 is 2.41 bits per heavy atom. The lowest BCUT2D eigenvalue weighted by Crippen LogP contribution is -2.10. The van der Waals surface area contributed by atoms with Gasteiger partial charge in [-0.25, -0.2) is 0 Å². The molecule has 4 rings (SSSR count). The highest BCUT2D eigenvalue weighted by Gasteiger charge is 2.42. The van der Waals surface area contributed by atoms with Crippen molar-refractivity contribution >= 4 is 15.9 Å². The molecule has 0 N–H and O–H groups in total. The number of aromatic nitrogens is 4. The van der Waals surface area contributed by atoms with Crippen molar-refractivity contribution in [2.24, 2.45) is 0 Å². The molecular formula is C17H11BrF6N4O. The zero-order valence-electron chi connectivity index (χ0n) is 14.4. The normalized spacial score (nSPS) is 15.1. The summed E-state index contributed by atoms with van der Waals surface area (Å²) in [5.41, 5.74) is -1.48. The number of halogens is 7. The summed E-state index contributed by atoms with van der Waals surface area (Å²) in [5, 5.41) is 11.1. The molecule has 1 aromatic carbocycles. The maximum absolute atomic E-state index is 13.2. The van der Waals surface area contributed by atoms with Gasteiger partial charge in [0.1, 0.15) is 6.54 Å². The molecule has 1 saturated carbocycles.